The summed E-state index contributed by atoms with van der Waals surface area (Å²) < 4.78 is 0. The van der Waals surface area contributed by atoms with Crippen LogP contribution in [0.3, 0.4) is 0 Å². The lowest BCUT2D eigenvalue weighted by molar-refractivity contribution is -0.146. The number of carbonyl (C=O) groups is 2. The minimum absolute atomic E-state index is 0.0502. The first kappa shape index (κ1) is 16.1. The summed E-state index contributed by atoms with van der Waals surface area (Å²) in [6.45, 7) is 5.49. The van der Waals surface area contributed by atoms with Crippen molar-refractivity contribution in [3.63, 3.8) is 0 Å². The Morgan fingerprint density at radius 1 is 1.48 bits per heavy atom. The average Bonchev–Trinajstić information content (AvgIpc) is 2.37. The maximum absolute atomic E-state index is 12.0. The molecule has 1 aliphatic rings. The molecule has 0 radical (unpaired) electrons. The monoisotopic (exact) mass is 328 g/mol. The number of amides is 2. The predicted molar refractivity (Wildman–Crippen MR) is 83.3 cm³/mol. The Morgan fingerprint density at radius 3 is 2.86 bits per heavy atom. The molecule has 114 valence electrons. The van der Waals surface area contributed by atoms with Gasteiger partial charge in [0.15, 0.2) is 0 Å². The van der Waals surface area contributed by atoms with Crippen LogP contribution in [-0.2, 0) is 14.4 Å². The Bertz CT molecular complexity index is 572. The van der Waals surface area contributed by atoms with E-state index in [2.05, 4.69) is 10.8 Å². The topological polar surface area (TPSA) is 67.4 Å². The summed E-state index contributed by atoms with van der Waals surface area (Å²) in [6.07, 6.45) is 0.0502. The van der Waals surface area contributed by atoms with Gasteiger partial charge in [-0.15, -0.1) is 11.8 Å². The maximum Gasteiger partial charge on any atom is 0.245 e. The van der Waals surface area contributed by atoms with Crippen molar-refractivity contribution in [1.82, 2.24) is 5.48 Å². The molecule has 0 saturated heterocycles. The zero-order valence-electron chi connectivity index (χ0n) is 12.0. The quantitative estimate of drug-likeness (QED) is 0.837. The number of fused-ring (bicyclic) bond motifs is 1. The summed E-state index contributed by atoms with van der Waals surface area (Å²) in [7, 11) is 0. The van der Waals surface area contributed by atoms with Crippen LogP contribution in [0.2, 0.25) is 5.02 Å². The van der Waals surface area contributed by atoms with E-state index < -0.39 is 10.9 Å². The van der Waals surface area contributed by atoms with E-state index >= 15 is 0 Å². The molecule has 1 unspecified atom stereocenters. The molecule has 1 atom stereocenters. The summed E-state index contributed by atoms with van der Waals surface area (Å²) in [6, 6.07) is 5.28. The number of rotatable bonds is 3. The van der Waals surface area contributed by atoms with Crippen molar-refractivity contribution in [2.45, 2.75) is 42.9 Å². The number of hydrogen-bond acceptors (Lipinski definition) is 4. The highest BCUT2D eigenvalue weighted by Crippen LogP contribution is 2.38. The lowest BCUT2D eigenvalue weighted by Crippen LogP contribution is -2.38. The van der Waals surface area contributed by atoms with Gasteiger partial charge in [-0.25, -0.2) is 5.48 Å². The second-order valence-electron chi connectivity index (χ2n) is 5.68. The Hall–Kier alpha value is -1.24. The smallest absolute Gasteiger partial charge is 0.245 e. The molecule has 1 heterocycles. The van der Waals surface area contributed by atoms with Crippen LogP contribution in [0, 0.1) is 0 Å². The van der Waals surface area contributed by atoms with E-state index in [1.54, 1.807) is 12.1 Å². The summed E-state index contributed by atoms with van der Waals surface area (Å²) in [5.41, 5.74) is 2.58. The normalized spacial score (nSPS) is 17.9. The first-order valence-electron chi connectivity index (χ1n) is 6.48. The standard InChI is InChI=1S/C14H17ClN2O3S/c1-14(2,3)20-17-12(18)7-11-13(19)16-9-6-8(15)4-5-10(9)21-11/h4-6,11H,7H2,1-3H3,(H,16,19)(H,17,18). The predicted octanol–water partition coefficient (Wildman–Crippen LogP) is 2.99. The van der Waals surface area contributed by atoms with Crippen molar-refractivity contribution in [2.24, 2.45) is 0 Å². The Kier molecular flexibility index (Phi) is 4.81. The molecule has 0 fully saturated rings. The van der Waals surface area contributed by atoms with Gasteiger partial charge in [0.2, 0.25) is 11.8 Å². The highest BCUT2D eigenvalue weighted by Gasteiger charge is 2.29. The number of benzene rings is 1. The van der Waals surface area contributed by atoms with Gasteiger partial charge in [-0.1, -0.05) is 11.6 Å². The van der Waals surface area contributed by atoms with Crippen molar-refractivity contribution >= 4 is 40.9 Å². The highest BCUT2D eigenvalue weighted by atomic mass is 35.5. The molecule has 1 aromatic carbocycles. The van der Waals surface area contributed by atoms with Crippen LogP contribution in [0.25, 0.3) is 0 Å². The molecule has 0 spiro atoms. The van der Waals surface area contributed by atoms with Crippen LogP contribution in [0.1, 0.15) is 27.2 Å². The van der Waals surface area contributed by atoms with Gasteiger partial charge in [0.25, 0.3) is 0 Å². The SMILES string of the molecule is CC(C)(C)ONC(=O)CC1Sc2ccc(Cl)cc2NC1=O. The lowest BCUT2D eigenvalue weighted by atomic mass is 10.2. The minimum Gasteiger partial charge on any atom is -0.324 e. The first-order chi connectivity index (χ1) is 9.74. The van der Waals surface area contributed by atoms with Crippen molar-refractivity contribution in [3.8, 4) is 0 Å². The molecule has 0 saturated carbocycles. The Morgan fingerprint density at radius 2 is 2.19 bits per heavy atom. The fourth-order valence-electron chi connectivity index (χ4n) is 1.68. The summed E-state index contributed by atoms with van der Waals surface area (Å²) >= 11 is 7.24. The van der Waals surface area contributed by atoms with Crippen molar-refractivity contribution < 1.29 is 14.4 Å². The van der Waals surface area contributed by atoms with Crippen molar-refractivity contribution in [2.75, 3.05) is 5.32 Å². The third kappa shape index (κ3) is 4.62. The van der Waals surface area contributed by atoms with E-state index in [9.17, 15) is 9.59 Å². The highest BCUT2D eigenvalue weighted by molar-refractivity contribution is 8.01. The van der Waals surface area contributed by atoms with E-state index in [0.717, 1.165) is 4.90 Å². The molecular formula is C14H17ClN2O3S. The number of hydroxylamine groups is 1. The average molecular weight is 329 g/mol. The fourth-order valence-corrected chi connectivity index (χ4v) is 2.94. The largest absolute Gasteiger partial charge is 0.324 e. The van der Waals surface area contributed by atoms with Gasteiger partial charge in [-0.2, -0.15) is 0 Å². The van der Waals surface area contributed by atoms with Crippen LogP contribution in [0.5, 0.6) is 0 Å². The number of thioether (sulfide) groups is 1. The van der Waals surface area contributed by atoms with Crippen LogP contribution in [-0.4, -0.2) is 22.7 Å². The van der Waals surface area contributed by atoms with E-state index in [1.807, 2.05) is 26.8 Å². The zero-order valence-corrected chi connectivity index (χ0v) is 13.6. The third-order valence-corrected chi connectivity index (χ3v) is 4.11. The first-order valence-corrected chi connectivity index (χ1v) is 7.74. The molecule has 0 aliphatic carbocycles. The molecule has 2 N–H and O–H groups in total. The second kappa shape index (κ2) is 6.25. The molecule has 7 heteroatoms. The zero-order chi connectivity index (χ0) is 15.6. The molecule has 5 nitrogen and oxygen atoms in total. The van der Waals surface area contributed by atoms with Gasteiger partial charge in [0.05, 0.1) is 16.5 Å². The minimum atomic E-state index is -0.484. The molecular weight excluding hydrogens is 312 g/mol. The summed E-state index contributed by atoms with van der Waals surface area (Å²) in [4.78, 5) is 29.9. The van der Waals surface area contributed by atoms with Gasteiger partial charge in [0, 0.05) is 16.3 Å². The Labute approximate surface area is 132 Å². The lowest BCUT2D eigenvalue weighted by Gasteiger charge is -2.24. The summed E-state index contributed by atoms with van der Waals surface area (Å²) in [5, 5.41) is 2.84. The van der Waals surface area contributed by atoms with E-state index in [0.29, 0.717) is 10.7 Å². The van der Waals surface area contributed by atoms with Gasteiger partial charge >= 0.3 is 0 Å². The van der Waals surface area contributed by atoms with Crippen LogP contribution in [0.4, 0.5) is 5.69 Å². The number of hydrogen-bond donors (Lipinski definition) is 2. The molecule has 21 heavy (non-hydrogen) atoms. The number of anilines is 1. The van der Waals surface area contributed by atoms with Crippen LogP contribution < -0.4 is 10.8 Å². The second-order valence-corrected chi connectivity index (χ2v) is 7.36. The fraction of sp³-hybridized carbons (Fsp3) is 0.429. The molecule has 1 aliphatic heterocycles. The van der Waals surface area contributed by atoms with Crippen LogP contribution in [0.15, 0.2) is 23.1 Å². The van der Waals surface area contributed by atoms with Crippen molar-refractivity contribution in [3.05, 3.63) is 23.2 Å². The number of carbonyl (C=O) groups excluding carboxylic acids is 2. The van der Waals surface area contributed by atoms with Gasteiger partial charge in [0.1, 0.15) is 0 Å². The van der Waals surface area contributed by atoms with Crippen molar-refractivity contribution in [1.29, 1.82) is 0 Å². The molecule has 0 bridgehead atoms. The van der Waals surface area contributed by atoms with E-state index in [-0.39, 0.29) is 18.2 Å². The summed E-state index contributed by atoms with van der Waals surface area (Å²) in [5.74, 6) is -0.532. The van der Waals surface area contributed by atoms with Crippen LogP contribution >= 0.6 is 23.4 Å². The van der Waals surface area contributed by atoms with E-state index in [1.165, 1.54) is 11.8 Å². The Balaban J connectivity index is 1.97. The third-order valence-electron chi connectivity index (χ3n) is 2.60. The van der Waals surface area contributed by atoms with Gasteiger partial charge in [-0.3, -0.25) is 14.4 Å². The van der Waals surface area contributed by atoms with Gasteiger partial charge in [-0.05, 0) is 39.0 Å². The molecule has 1 aromatic rings. The van der Waals surface area contributed by atoms with E-state index in [4.69, 9.17) is 16.4 Å². The number of halogens is 1. The number of nitrogens with one attached hydrogen (secondary N) is 2. The van der Waals surface area contributed by atoms with Gasteiger partial charge < -0.3 is 5.32 Å². The maximum atomic E-state index is 12.0. The molecule has 0 aromatic heterocycles. The molecule has 2 rings (SSSR count). The molecule has 2 amide bonds.